The van der Waals surface area contributed by atoms with Crippen LogP contribution in [0.3, 0.4) is 0 Å². The molecule has 2 aromatic carbocycles. The standard InChI is InChI=1S/C26H31N7O3S/c1-31(37(3,34)35)24-9-8-23(36-2)16-20(24)18-33-13-10-19-17-28-26(30-25(19)33)29-21-4-6-22(7-5-21)32-14-11-27-12-15-32/h4-10,13,16-17,27H,11-12,14-15,18H2,1-3H3,(H,28,29,30). The number of rotatable bonds is 8. The van der Waals surface area contributed by atoms with Crippen molar-refractivity contribution in [1.29, 1.82) is 0 Å². The Kier molecular flexibility index (Phi) is 6.90. The molecule has 10 nitrogen and oxygen atoms in total. The molecule has 3 heterocycles. The molecule has 11 heteroatoms. The highest BCUT2D eigenvalue weighted by molar-refractivity contribution is 7.92. The van der Waals surface area contributed by atoms with Crippen LogP contribution in [0.2, 0.25) is 0 Å². The van der Waals surface area contributed by atoms with Crippen LogP contribution in [0, 0.1) is 0 Å². The summed E-state index contributed by atoms with van der Waals surface area (Å²) in [6.07, 6.45) is 4.90. The Labute approximate surface area is 216 Å². The zero-order valence-corrected chi connectivity index (χ0v) is 22.0. The van der Waals surface area contributed by atoms with E-state index in [1.54, 1.807) is 32.5 Å². The van der Waals surface area contributed by atoms with E-state index in [9.17, 15) is 8.42 Å². The Hall–Kier alpha value is -3.83. The lowest BCUT2D eigenvalue weighted by Gasteiger charge is -2.29. The van der Waals surface area contributed by atoms with Gasteiger partial charge < -0.3 is 24.8 Å². The number of sulfonamides is 1. The van der Waals surface area contributed by atoms with Crippen molar-refractivity contribution in [2.45, 2.75) is 6.54 Å². The molecule has 0 bridgehead atoms. The van der Waals surface area contributed by atoms with Gasteiger partial charge in [-0.15, -0.1) is 0 Å². The van der Waals surface area contributed by atoms with Crippen LogP contribution in [-0.2, 0) is 16.6 Å². The first-order valence-electron chi connectivity index (χ1n) is 12.1. The topological polar surface area (TPSA) is 105 Å². The van der Waals surface area contributed by atoms with Crippen LogP contribution in [0.1, 0.15) is 5.56 Å². The van der Waals surface area contributed by atoms with Crippen LogP contribution in [0.25, 0.3) is 11.0 Å². The summed E-state index contributed by atoms with van der Waals surface area (Å²) in [6.45, 7) is 4.40. The maximum Gasteiger partial charge on any atom is 0.232 e. The van der Waals surface area contributed by atoms with Gasteiger partial charge in [0, 0.05) is 62.4 Å². The summed E-state index contributed by atoms with van der Waals surface area (Å²) in [6, 6.07) is 15.6. The summed E-state index contributed by atoms with van der Waals surface area (Å²) in [5.41, 5.74) is 4.22. The summed E-state index contributed by atoms with van der Waals surface area (Å²) in [4.78, 5) is 11.6. The molecule has 2 aromatic heterocycles. The normalized spacial score (nSPS) is 14.1. The number of benzene rings is 2. The summed E-state index contributed by atoms with van der Waals surface area (Å²) < 4.78 is 33.1. The lowest BCUT2D eigenvalue weighted by atomic mass is 10.1. The molecular formula is C26H31N7O3S. The van der Waals surface area contributed by atoms with Crippen LogP contribution in [0.4, 0.5) is 23.0 Å². The minimum atomic E-state index is -3.43. The number of nitrogens with zero attached hydrogens (tertiary/aromatic N) is 5. The quantitative estimate of drug-likeness (QED) is 0.365. The SMILES string of the molecule is COc1ccc(N(C)S(C)(=O)=O)c(Cn2ccc3cnc(Nc4ccc(N5CCNCC5)cc4)nc32)c1. The molecule has 0 amide bonds. The van der Waals surface area contributed by atoms with Crippen molar-refractivity contribution in [2.24, 2.45) is 0 Å². The fourth-order valence-electron chi connectivity index (χ4n) is 4.45. The van der Waals surface area contributed by atoms with Crippen molar-refractivity contribution >= 4 is 44.1 Å². The second kappa shape index (κ2) is 10.3. The van der Waals surface area contributed by atoms with E-state index in [0.717, 1.165) is 48.5 Å². The minimum absolute atomic E-state index is 0.408. The van der Waals surface area contributed by atoms with Gasteiger partial charge in [-0.3, -0.25) is 4.31 Å². The maximum absolute atomic E-state index is 12.2. The zero-order chi connectivity index (χ0) is 26.0. The average molecular weight is 522 g/mol. The molecule has 0 unspecified atom stereocenters. The van der Waals surface area contributed by atoms with Crippen molar-refractivity contribution in [3.05, 3.63) is 66.5 Å². The van der Waals surface area contributed by atoms with E-state index in [1.165, 1.54) is 16.2 Å². The van der Waals surface area contributed by atoms with Crippen LogP contribution in [0.5, 0.6) is 5.75 Å². The third kappa shape index (κ3) is 5.47. The van der Waals surface area contributed by atoms with Crippen LogP contribution in [0.15, 0.2) is 60.9 Å². The fourth-order valence-corrected chi connectivity index (χ4v) is 4.99. The fraction of sp³-hybridized carbons (Fsp3) is 0.308. The molecule has 2 N–H and O–H groups in total. The highest BCUT2D eigenvalue weighted by Gasteiger charge is 2.18. The van der Waals surface area contributed by atoms with Gasteiger partial charge in [0.2, 0.25) is 16.0 Å². The number of anilines is 4. The van der Waals surface area contributed by atoms with Gasteiger partial charge in [-0.2, -0.15) is 4.98 Å². The van der Waals surface area contributed by atoms with Gasteiger partial charge in [0.1, 0.15) is 11.4 Å². The Balaban J connectivity index is 1.40. The number of ether oxygens (including phenoxy) is 1. The van der Waals surface area contributed by atoms with Gasteiger partial charge in [-0.25, -0.2) is 13.4 Å². The van der Waals surface area contributed by atoms with Crippen LogP contribution >= 0.6 is 0 Å². The molecule has 1 fully saturated rings. The van der Waals surface area contributed by atoms with Crippen molar-refractivity contribution in [3.8, 4) is 5.75 Å². The van der Waals surface area contributed by atoms with Gasteiger partial charge in [-0.1, -0.05) is 0 Å². The Morgan fingerprint density at radius 1 is 1.11 bits per heavy atom. The zero-order valence-electron chi connectivity index (χ0n) is 21.2. The molecule has 5 rings (SSSR count). The van der Waals surface area contributed by atoms with Crippen molar-refractivity contribution in [3.63, 3.8) is 0 Å². The third-order valence-electron chi connectivity index (χ3n) is 6.57. The van der Waals surface area contributed by atoms with Crippen LogP contribution in [-0.4, -0.2) is 69.5 Å². The molecule has 0 spiro atoms. The molecule has 194 valence electrons. The van der Waals surface area contributed by atoms with E-state index in [4.69, 9.17) is 9.72 Å². The summed E-state index contributed by atoms with van der Waals surface area (Å²) >= 11 is 0. The molecule has 0 saturated carbocycles. The number of piperazine rings is 1. The molecule has 1 aliphatic heterocycles. The summed E-state index contributed by atoms with van der Waals surface area (Å²) in [5, 5.41) is 7.56. The first-order chi connectivity index (χ1) is 17.8. The summed E-state index contributed by atoms with van der Waals surface area (Å²) in [5.74, 6) is 1.14. The third-order valence-corrected chi connectivity index (χ3v) is 7.76. The highest BCUT2D eigenvalue weighted by Crippen LogP contribution is 2.29. The van der Waals surface area contributed by atoms with Crippen molar-refractivity contribution in [1.82, 2.24) is 19.9 Å². The molecular weight excluding hydrogens is 490 g/mol. The average Bonchev–Trinajstić information content (AvgIpc) is 3.30. The van der Waals surface area contributed by atoms with E-state index in [2.05, 4.69) is 32.7 Å². The number of hydrogen-bond donors (Lipinski definition) is 2. The first-order valence-corrected chi connectivity index (χ1v) is 13.9. The summed E-state index contributed by atoms with van der Waals surface area (Å²) in [7, 11) is -0.293. The van der Waals surface area contributed by atoms with Gasteiger partial charge in [0.25, 0.3) is 0 Å². The van der Waals surface area contributed by atoms with Gasteiger partial charge in [0.15, 0.2) is 0 Å². The molecule has 0 radical (unpaired) electrons. The molecule has 1 saturated heterocycles. The van der Waals surface area contributed by atoms with Crippen LogP contribution < -0.4 is 24.6 Å². The van der Waals surface area contributed by atoms with Crippen molar-refractivity contribution in [2.75, 3.05) is 61.1 Å². The maximum atomic E-state index is 12.2. The Bertz CT molecular complexity index is 1500. The van der Waals surface area contributed by atoms with E-state index >= 15 is 0 Å². The largest absolute Gasteiger partial charge is 0.497 e. The lowest BCUT2D eigenvalue weighted by molar-refractivity contribution is 0.414. The number of hydrogen-bond acceptors (Lipinski definition) is 8. The monoisotopic (exact) mass is 521 g/mol. The van der Waals surface area contributed by atoms with E-state index in [-0.39, 0.29) is 0 Å². The number of nitrogens with one attached hydrogen (secondary N) is 2. The lowest BCUT2D eigenvalue weighted by Crippen LogP contribution is -2.43. The number of methoxy groups -OCH3 is 1. The van der Waals surface area contributed by atoms with Gasteiger partial charge >= 0.3 is 0 Å². The smallest absolute Gasteiger partial charge is 0.232 e. The predicted octanol–water partition coefficient (Wildman–Crippen LogP) is 3.04. The van der Waals surface area contributed by atoms with E-state index in [0.29, 0.717) is 23.9 Å². The second-order valence-corrected chi connectivity index (χ2v) is 11.1. The Morgan fingerprint density at radius 3 is 2.57 bits per heavy atom. The van der Waals surface area contributed by atoms with E-state index in [1.807, 2.05) is 35.0 Å². The first kappa shape index (κ1) is 24.8. The molecule has 4 aromatic rings. The predicted molar refractivity (Wildman–Crippen MR) is 148 cm³/mol. The van der Waals surface area contributed by atoms with Gasteiger partial charge in [0.05, 0.1) is 25.6 Å². The molecule has 1 aliphatic rings. The molecule has 0 aliphatic carbocycles. The van der Waals surface area contributed by atoms with E-state index < -0.39 is 10.0 Å². The number of aromatic nitrogens is 3. The number of fused-ring (bicyclic) bond motifs is 1. The van der Waals surface area contributed by atoms with Gasteiger partial charge in [-0.05, 0) is 54.1 Å². The highest BCUT2D eigenvalue weighted by atomic mass is 32.2. The Morgan fingerprint density at radius 2 is 1.86 bits per heavy atom. The molecule has 37 heavy (non-hydrogen) atoms. The molecule has 0 atom stereocenters. The van der Waals surface area contributed by atoms with Crippen molar-refractivity contribution < 1.29 is 13.2 Å². The minimum Gasteiger partial charge on any atom is -0.497 e. The second-order valence-electron chi connectivity index (χ2n) is 9.05.